The number of nitrogens with one attached hydrogen (secondary N) is 1. The van der Waals surface area contributed by atoms with E-state index in [-0.39, 0.29) is 23.1 Å². The van der Waals surface area contributed by atoms with Crippen LogP contribution >= 0.6 is 0 Å². The Kier molecular flexibility index (Phi) is 7.18. The molecule has 11 heteroatoms. The predicted octanol–water partition coefficient (Wildman–Crippen LogP) is 4.09. The minimum atomic E-state index is -4.54. The second-order valence-corrected chi connectivity index (χ2v) is 10.1. The smallest absolute Gasteiger partial charge is 0.356 e. The van der Waals surface area contributed by atoms with E-state index in [9.17, 15) is 18.0 Å². The summed E-state index contributed by atoms with van der Waals surface area (Å²) in [5.41, 5.74) is 1.12. The molecule has 1 amide bonds. The zero-order valence-corrected chi connectivity index (χ0v) is 20.7. The fourth-order valence-electron chi connectivity index (χ4n) is 5.48. The molecule has 0 radical (unpaired) electrons. The van der Waals surface area contributed by atoms with Gasteiger partial charge in [-0.15, -0.1) is 0 Å². The zero-order valence-electron chi connectivity index (χ0n) is 20.7. The lowest BCUT2D eigenvalue weighted by Gasteiger charge is -2.36. The number of piperidine rings is 1. The highest BCUT2D eigenvalue weighted by Crippen LogP contribution is 2.46. The van der Waals surface area contributed by atoms with E-state index >= 15 is 0 Å². The minimum absolute atomic E-state index is 0.0130. The summed E-state index contributed by atoms with van der Waals surface area (Å²) >= 11 is 0. The molecule has 2 aromatic heterocycles. The molecule has 8 nitrogen and oxygen atoms in total. The van der Waals surface area contributed by atoms with Gasteiger partial charge in [-0.3, -0.25) is 4.79 Å². The molecule has 0 spiro atoms. The number of imidazole rings is 1. The predicted molar refractivity (Wildman–Crippen MR) is 130 cm³/mol. The SMILES string of the molecule is CCCCc1cn(CCN2CCC2)c(C2CCN(c3ncnc4c3[C@H](C(F)(F)F)CC(=O)N4)CC2)n1. The average molecular weight is 506 g/mol. The molecule has 0 bridgehead atoms. The van der Waals surface area contributed by atoms with Gasteiger partial charge in [0.15, 0.2) is 0 Å². The second-order valence-electron chi connectivity index (χ2n) is 10.1. The summed E-state index contributed by atoms with van der Waals surface area (Å²) in [6.45, 7) is 7.60. The summed E-state index contributed by atoms with van der Waals surface area (Å²) in [7, 11) is 0. The lowest BCUT2D eigenvalue weighted by molar-refractivity contribution is -0.156. The van der Waals surface area contributed by atoms with Crippen molar-refractivity contribution in [2.24, 2.45) is 0 Å². The molecule has 1 atom stereocenters. The first-order valence-corrected chi connectivity index (χ1v) is 13.1. The van der Waals surface area contributed by atoms with Crippen LogP contribution in [0.2, 0.25) is 0 Å². The van der Waals surface area contributed by atoms with Crippen LogP contribution in [0.3, 0.4) is 0 Å². The number of hydrogen-bond acceptors (Lipinski definition) is 6. The van der Waals surface area contributed by atoms with E-state index in [4.69, 9.17) is 4.98 Å². The topological polar surface area (TPSA) is 79.2 Å². The Morgan fingerprint density at radius 2 is 1.89 bits per heavy atom. The average Bonchev–Trinajstić information content (AvgIpc) is 3.23. The van der Waals surface area contributed by atoms with Crippen LogP contribution in [0, 0.1) is 0 Å². The van der Waals surface area contributed by atoms with Gasteiger partial charge in [0.2, 0.25) is 5.91 Å². The van der Waals surface area contributed by atoms with E-state index in [0.29, 0.717) is 13.1 Å². The number of carbonyl (C=O) groups excluding carboxylic acids is 1. The summed E-state index contributed by atoms with van der Waals surface area (Å²) in [6.07, 6.45) is 4.30. The van der Waals surface area contributed by atoms with Gasteiger partial charge in [0, 0.05) is 44.7 Å². The van der Waals surface area contributed by atoms with Crippen LogP contribution in [0.1, 0.15) is 74.4 Å². The van der Waals surface area contributed by atoms with Crippen molar-refractivity contribution in [3.05, 3.63) is 29.6 Å². The van der Waals surface area contributed by atoms with Crippen molar-refractivity contribution in [1.82, 2.24) is 24.4 Å². The van der Waals surface area contributed by atoms with Crippen molar-refractivity contribution in [3.63, 3.8) is 0 Å². The molecule has 36 heavy (non-hydrogen) atoms. The number of anilines is 2. The molecule has 2 saturated heterocycles. The number of hydrogen-bond donors (Lipinski definition) is 1. The molecular formula is C25H34F3N7O. The number of nitrogens with zero attached hydrogens (tertiary/aromatic N) is 6. The van der Waals surface area contributed by atoms with Crippen molar-refractivity contribution < 1.29 is 18.0 Å². The summed E-state index contributed by atoms with van der Waals surface area (Å²) in [4.78, 5) is 29.5. The van der Waals surface area contributed by atoms with Gasteiger partial charge < -0.3 is 19.7 Å². The monoisotopic (exact) mass is 505 g/mol. The van der Waals surface area contributed by atoms with Gasteiger partial charge in [0.1, 0.15) is 23.8 Å². The van der Waals surface area contributed by atoms with Crippen molar-refractivity contribution in [2.45, 2.75) is 76.4 Å². The minimum Gasteiger partial charge on any atom is -0.356 e. The van der Waals surface area contributed by atoms with Crippen LogP contribution in [-0.4, -0.2) is 69.2 Å². The number of unbranched alkanes of at least 4 members (excludes halogenated alkanes) is 1. The summed E-state index contributed by atoms with van der Waals surface area (Å²) in [5.74, 6) is -0.947. The Morgan fingerprint density at radius 3 is 2.56 bits per heavy atom. The maximum absolute atomic E-state index is 13.8. The van der Waals surface area contributed by atoms with Crippen molar-refractivity contribution in [2.75, 3.05) is 42.9 Å². The molecular weight excluding hydrogens is 471 g/mol. The van der Waals surface area contributed by atoms with E-state index in [1.807, 2.05) is 4.90 Å². The molecule has 0 aromatic carbocycles. The molecule has 2 fully saturated rings. The first-order chi connectivity index (χ1) is 17.3. The normalized spacial score (nSPS) is 21.3. The lowest BCUT2D eigenvalue weighted by Crippen LogP contribution is -2.40. The molecule has 5 heterocycles. The van der Waals surface area contributed by atoms with Crippen molar-refractivity contribution in [1.29, 1.82) is 0 Å². The van der Waals surface area contributed by atoms with Gasteiger partial charge in [-0.25, -0.2) is 15.0 Å². The third-order valence-electron chi connectivity index (χ3n) is 7.66. The van der Waals surface area contributed by atoms with Crippen LogP contribution in [-0.2, 0) is 17.8 Å². The summed E-state index contributed by atoms with van der Waals surface area (Å²) < 4.78 is 43.9. The van der Waals surface area contributed by atoms with E-state index in [0.717, 1.165) is 69.8 Å². The number of fused-ring (bicyclic) bond motifs is 1. The fraction of sp³-hybridized carbons (Fsp3) is 0.680. The Balaban J connectivity index is 1.33. The number of carbonyl (C=O) groups is 1. The van der Waals surface area contributed by atoms with Gasteiger partial charge in [-0.2, -0.15) is 13.2 Å². The third kappa shape index (κ3) is 5.21. The van der Waals surface area contributed by atoms with Gasteiger partial charge >= 0.3 is 6.18 Å². The van der Waals surface area contributed by atoms with Crippen LogP contribution in [0.25, 0.3) is 0 Å². The van der Waals surface area contributed by atoms with E-state index in [2.05, 4.69) is 37.9 Å². The van der Waals surface area contributed by atoms with E-state index in [1.54, 1.807) is 0 Å². The molecule has 0 unspecified atom stereocenters. The maximum atomic E-state index is 13.8. The van der Waals surface area contributed by atoms with E-state index < -0.39 is 24.4 Å². The highest BCUT2D eigenvalue weighted by molar-refractivity contribution is 5.94. The number of aromatic nitrogens is 4. The molecule has 0 saturated carbocycles. The van der Waals surface area contributed by atoms with Crippen LogP contribution in [0.5, 0.6) is 0 Å². The first kappa shape index (κ1) is 25.0. The molecule has 1 N–H and O–H groups in total. The number of likely N-dealkylation sites (tertiary alicyclic amines) is 1. The van der Waals surface area contributed by atoms with Gasteiger partial charge in [-0.1, -0.05) is 13.3 Å². The van der Waals surface area contributed by atoms with Crippen molar-refractivity contribution in [3.8, 4) is 0 Å². The molecule has 196 valence electrons. The molecule has 3 aliphatic heterocycles. The second kappa shape index (κ2) is 10.4. The number of halogens is 3. The van der Waals surface area contributed by atoms with E-state index in [1.165, 1.54) is 12.7 Å². The molecule has 0 aliphatic carbocycles. The molecule has 2 aromatic rings. The Labute approximate surface area is 209 Å². The highest BCUT2D eigenvalue weighted by Gasteiger charge is 2.48. The zero-order chi connectivity index (χ0) is 25.3. The number of rotatable bonds is 8. The van der Waals surface area contributed by atoms with Crippen LogP contribution in [0.4, 0.5) is 24.8 Å². The van der Waals surface area contributed by atoms with Gasteiger partial charge in [-0.05, 0) is 45.2 Å². The van der Waals surface area contributed by atoms with Crippen molar-refractivity contribution >= 4 is 17.5 Å². The number of aryl methyl sites for hydroxylation is 1. The van der Waals surface area contributed by atoms with Crippen LogP contribution in [0.15, 0.2) is 12.5 Å². The largest absolute Gasteiger partial charge is 0.396 e. The quantitative estimate of drug-likeness (QED) is 0.582. The highest BCUT2D eigenvalue weighted by atomic mass is 19.4. The maximum Gasteiger partial charge on any atom is 0.396 e. The van der Waals surface area contributed by atoms with Gasteiger partial charge in [0.25, 0.3) is 0 Å². The number of alkyl halides is 3. The lowest BCUT2D eigenvalue weighted by atomic mass is 9.90. The summed E-state index contributed by atoms with van der Waals surface area (Å²) in [5, 5.41) is 2.50. The Hall–Kier alpha value is -2.69. The molecule has 3 aliphatic rings. The van der Waals surface area contributed by atoms with Crippen LogP contribution < -0.4 is 10.2 Å². The standard InChI is InChI=1S/C25H34F3N7O/c1-2-3-5-18-15-35(13-12-33-8-4-9-33)23(31-18)17-6-10-34(11-7-17)24-21-19(25(26,27)28)14-20(36)32-22(21)29-16-30-24/h15-17,19H,2-14H2,1H3,(H,29,30,32,36)/t19-/m1/s1. The Bertz CT molecular complexity index is 1070. The molecule has 5 rings (SSSR count). The summed E-state index contributed by atoms with van der Waals surface area (Å²) in [6, 6.07) is 0. The van der Waals surface area contributed by atoms with Gasteiger partial charge in [0.05, 0.1) is 17.2 Å². The third-order valence-corrected chi connectivity index (χ3v) is 7.66. The number of amides is 1. The first-order valence-electron chi connectivity index (χ1n) is 13.1. The fourth-order valence-corrected chi connectivity index (χ4v) is 5.48. The Morgan fingerprint density at radius 1 is 1.11 bits per heavy atom.